The predicted molar refractivity (Wildman–Crippen MR) is 116 cm³/mol. The summed E-state index contributed by atoms with van der Waals surface area (Å²) in [6.07, 6.45) is 5.61. The van der Waals surface area contributed by atoms with E-state index in [-0.39, 0.29) is 24.0 Å². The largest absolute Gasteiger partial charge is 0.348 e. The van der Waals surface area contributed by atoms with Crippen LogP contribution in [-0.2, 0) is 4.79 Å². The van der Waals surface area contributed by atoms with Crippen molar-refractivity contribution in [3.05, 3.63) is 59.9 Å². The standard InChI is InChI=1S/C23H29N5O2/c1-16(25-22(29)21-6-4-12-27(21)2)17-7-9-20(10-8-17)26-23(30)28-14-19(15-28)18-5-3-11-24-13-18/h3,5,7-11,13,16,19,21H,4,6,12,14-15H2,1-2H3,(H,25,29)(H,26,30)/t16-,21-/m0/s1. The average Bonchev–Trinajstić information content (AvgIpc) is 3.14. The Morgan fingerprint density at radius 2 is 1.93 bits per heavy atom. The molecule has 3 heterocycles. The lowest BCUT2D eigenvalue weighted by Gasteiger charge is -2.39. The summed E-state index contributed by atoms with van der Waals surface area (Å²) in [6.45, 7) is 4.36. The van der Waals surface area contributed by atoms with Crippen LogP contribution in [0.4, 0.5) is 10.5 Å². The third-order valence-corrected chi connectivity index (χ3v) is 6.17. The van der Waals surface area contributed by atoms with Gasteiger partial charge in [0.2, 0.25) is 5.91 Å². The Bertz CT molecular complexity index is 880. The fourth-order valence-electron chi connectivity index (χ4n) is 4.16. The maximum absolute atomic E-state index is 12.5. The van der Waals surface area contributed by atoms with Crippen LogP contribution in [0.1, 0.15) is 42.9 Å². The van der Waals surface area contributed by atoms with E-state index in [0.717, 1.165) is 30.6 Å². The van der Waals surface area contributed by atoms with Gasteiger partial charge in [-0.05, 0) is 62.7 Å². The number of rotatable bonds is 5. The first-order valence-electron chi connectivity index (χ1n) is 10.6. The molecule has 0 spiro atoms. The number of amides is 3. The number of pyridine rings is 1. The third kappa shape index (κ3) is 4.46. The van der Waals surface area contributed by atoms with Crippen LogP contribution in [-0.4, -0.2) is 59.4 Å². The van der Waals surface area contributed by atoms with E-state index in [1.807, 2.05) is 50.5 Å². The molecule has 3 amide bonds. The highest BCUT2D eigenvalue weighted by Crippen LogP contribution is 2.27. The molecule has 2 saturated heterocycles. The van der Waals surface area contributed by atoms with Gasteiger partial charge < -0.3 is 15.5 Å². The Morgan fingerprint density at radius 1 is 1.17 bits per heavy atom. The van der Waals surface area contributed by atoms with E-state index in [0.29, 0.717) is 19.0 Å². The van der Waals surface area contributed by atoms with Gasteiger partial charge in [-0.25, -0.2) is 4.79 Å². The molecule has 0 radical (unpaired) electrons. The summed E-state index contributed by atoms with van der Waals surface area (Å²) in [5, 5.41) is 6.06. The number of aromatic nitrogens is 1. The molecular weight excluding hydrogens is 378 g/mol. The van der Waals surface area contributed by atoms with Crippen molar-refractivity contribution >= 4 is 17.6 Å². The van der Waals surface area contributed by atoms with Crippen LogP contribution in [0.5, 0.6) is 0 Å². The van der Waals surface area contributed by atoms with Crippen molar-refractivity contribution in [2.75, 3.05) is 32.0 Å². The SMILES string of the molecule is C[C@H](NC(=O)[C@@H]1CCCN1C)c1ccc(NC(=O)N2CC(c3cccnc3)C2)cc1. The average molecular weight is 408 g/mol. The highest BCUT2D eigenvalue weighted by Gasteiger charge is 2.32. The minimum Gasteiger partial charge on any atom is -0.348 e. The van der Waals surface area contributed by atoms with Crippen molar-refractivity contribution in [1.82, 2.24) is 20.1 Å². The first-order chi connectivity index (χ1) is 14.5. The van der Waals surface area contributed by atoms with Gasteiger partial charge in [0.15, 0.2) is 0 Å². The lowest BCUT2D eigenvalue weighted by atomic mass is 9.93. The molecule has 2 aliphatic rings. The summed E-state index contributed by atoms with van der Waals surface area (Å²) < 4.78 is 0. The number of carbonyl (C=O) groups is 2. The Labute approximate surface area is 177 Å². The van der Waals surface area contributed by atoms with Gasteiger partial charge in [0.05, 0.1) is 12.1 Å². The molecule has 7 nitrogen and oxygen atoms in total. The minimum absolute atomic E-state index is 0.0296. The Balaban J connectivity index is 1.26. The zero-order valence-corrected chi connectivity index (χ0v) is 17.5. The van der Waals surface area contributed by atoms with Crippen LogP contribution in [0.25, 0.3) is 0 Å². The van der Waals surface area contributed by atoms with Gasteiger partial charge in [-0.15, -0.1) is 0 Å². The number of nitrogens with one attached hydrogen (secondary N) is 2. The normalized spacial score (nSPS) is 20.5. The number of anilines is 1. The predicted octanol–water partition coefficient (Wildman–Crippen LogP) is 2.98. The summed E-state index contributed by atoms with van der Waals surface area (Å²) in [5.74, 6) is 0.441. The summed E-state index contributed by atoms with van der Waals surface area (Å²) in [5.41, 5.74) is 2.94. The maximum Gasteiger partial charge on any atom is 0.321 e. The van der Waals surface area contributed by atoms with Crippen LogP contribution in [0.2, 0.25) is 0 Å². The second-order valence-corrected chi connectivity index (χ2v) is 8.31. The molecule has 0 unspecified atom stereocenters. The molecule has 2 aliphatic heterocycles. The van der Waals surface area contributed by atoms with Gasteiger partial charge >= 0.3 is 6.03 Å². The van der Waals surface area contributed by atoms with Gasteiger partial charge in [0, 0.05) is 37.1 Å². The molecular formula is C23H29N5O2. The highest BCUT2D eigenvalue weighted by molar-refractivity contribution is 5.90. The number of hydrogen-bond donors (Lipinski definition) is 2. The molecule has 1 aromatic carbocycles. The number of likely N-dealkylation sites (N-methyl/N-ethyl adjacent to an activating group) is 1. The quantitative estimate of drug-likeness (QED) is 0.799. The van der Waals surface area contributed by atoms with Crippen LogP contribution < -0.4 is 10.6 Å². The van der Waals surface area contributed by atoms with E-state index in [1.165, 1.54) is 5.56 Å². The Morgan fingerprint density at radius 3 is 2.57 bits per heavy atom. The summed E-state index contributed by atoms with van der Waals surface area (Å²) in [7, 11) is 2.00. The highest BCUT2D eigenvalue weighted by atomic mass is 16.2. The zero-order chi connectivity index (χ0) is 21.1. The number of urea groups is 1. The van der Waals surface area contributed by atoms with E-state index >= 15 is 0 Å². The lowest BCUT2D eigenvalue weighted by Crippen LogP contribution is -2.50. The van der Waals surface area contributed by atoms with E-state index in [2.05, 4.69) is 26.6 Å². The second kappa shape index (κ2) is 8.83. The van der Waals surface area contributed by atoms with E-state index in [9.17, 15) is 9.59 Å². The molecule has 30 heavy (non-hydrogen) atoms. The number of hydrogen-bond acceptors (Lipinski definition) is 4. The fraction of sp³-hybridized carbons (Fsp3) is 0.435. The van der Waals surface area contributed by atoms with Gasteiger partial charge in [-0.3, -0.25) is 14.7 Å². The van der Waals surface area contributed by atoms with Gasteiger partial charge in [0.25, 0.3) is 0 Å². The van der Waals surface area contributed by atoms with E-state index in [4.69, 9.17) is 0 Å². The summed E-state index contributed by atoms with van der Waals surface area (Å²) in [4.78, 5) is 33.0. The Hall–Kier alpha value is -2.93. The van der Waals surface area contributed by atoms with Gasteiger partial charge in [-0.2, -0.15) is 0 Å². The van der Waals surface area contributed by atoms with E-state index < -0.39 is 0 Å². The molecule has 2 aromatic rings. The molecule has 158 valence electrons. The monoisotopic (exact) mass is 407 g/mol. The van der Waals surface area contributed by atoms with Crippen molar-refractivity contribution in [2.24, 2.45) is 0 Å². The molecule has 0 aliphatic carbocycles. The zero-order valence-electron chi connectivity index (χ0n) is 17.5. The molecule has 0 saturated carbocycles. The maximum atomic E-state index is 12.5. The van der Waals surface area contributed by atoms with Crippen molar-refractivity contribution in [2.45, 2.75) is 37.8 Å². The smallest absolute Gasteiger partial charge is 0.321 e. The molecule has 2 atom stereocenters. The number of benzene rings is 1. The fourth-order valence-corrected chi connectivity index (χ4v) is 4.16. The van der Waals surface area contributed by atoms with Crippen molar-refractivity contribution in [1.29, 1.82) is 0 Å². The van der Waals surface area contributed by atoms with Gasteiger partial charge in [-0.1, -0.05) is 18.2 Å². The number of likely N-dealkylation sites (tertiary alicyclic amines) is 2. The van der Waals surface area contributed by atoms with Crippen LogP contribution in [0, 0.1) is 0 Å². The minimum atomic E-state index is -0.0893. The topological polar surface area (TPSA) is 77.6 Å². The first kappa shape index (κ1) is 20.3. The van der Waals surface area contributed by atoms with Crippen LogP contribution >= 0.6 is 0 Å². The van der Waals surface area contributed by atoms with Crippen molar-refractivity contribution in [3.63, 3.8) is 0 Å². The summed E-state index contributed by atoms with van der Waals surface area (Å²) >= 11 is 0. The Kier molecular flexibility index (Phi) is 5.99. The molecule has 2 N–H and O–H groups in total. The molecule has 7 heteroatoms. The second-order valence-electron chi connectivity index (χ2n) is 8.31. The van der Waals surface area contributed by atoms with Crippen molar-refractivity contribution in [3.8, 4) is 0 Å². The van der Waals surface area contributed by atoms with E-state index in [1.54, 1.807) is 11.1 Å². The lowest BCUT2D eigenvalue weighted by molar-refractivity contribution is -0.125. The summed E-state index contributed by atoms with van der Waals surface area (Å²) in [6, 6.07) is 11.5. The first-order valence-corrected chi connectivity index (χ1v) is 10.6. The molecule has 0 bridgehead atoms. The molecule has 4 rings (SSSR count). The van der Waals surface area contributed by atoms with Gasteiger partial charge in [0.1, 0.15) is 0 Å². The molecule has 2 fully saturated rings. The van der Waals surface area contributed by atoms with Crippen molar-refractivity contribution < 1.29 is 9.59 Å². The third-order valence-electron chi connectivity index (χ3n) is 6.17. The number of nitrogens with zero attached hydrogens (tertiary/aromatic N) is 3. The molecule has 1 aromatic heterocycles. The van der Waals surface area contributed by atoms with Crippen LogP contribution in [0.15, 0.2) is 48.8 Å². The number of carbonyl (C=O) groups excluding carboxylic acids is 2. The van der Waals surface area contributed by atoms with Crippen LogP contribution in [0.3, 0.4) is 0 Å².